The zero-order chi connectivity index (χ0) is 14.3. The molecule has 0 bridgehead atoms. The van der Waals surface area contributed by atoms with Crippen molar-refractivity contribution in [3.05, 3.63) is 47.3 Å². The molecule has 3 heteroatoms. The van der Waals surface area contributed by atoms with E-state index in [9.17, 15) is 0 Å². The third-order valence-electron chi connectivity index (χ3n) is 2.80. The summed E-state index contributed by atoms with van der Waals surface area (Å²) in [5.41, 5.74) is 4.36. The van der Waals surface area contributed by atoms with Gasteiger partial charge in [0.2, 0.25) is 5.95 Å². The van der Waals surface area contributed by atoms with Crippen LogP contribution in [0.2, 0.25) is 0 Å². The fraction of sp³-hybridized carbons (Fsp3) is 0.375. The smallest absolute Gasteiger partial charge is 0.227 e. The third-order valence-corrected chi connectivity index (χ3v) is 2.80. The minimum Gasteiger partial charge on any atom is -0.324 e. The van der Waals surface area contributed by atoms with Crippen molar-refractivity contribution in [1.82, 2.24) is 9.97 Å². The van der Waals surface area contributed by atoms with E-state index in [2.05, 4.69) is 22.2 Å². The van der Waals surface area contributed by atoms with Crippen molar-refractivity contribution in [2.45, 2.75) is 41.0 Å². The van der Waals surface area contributed by atoms with E-state index in [4.69, 9.17) is 0 Å². The van der Waals surface area contributed by atoms with Gasteiger partial charge in [0, 0.05) is 17.1 Å². The van der Waals surface area contributed by atoms with Crippen LogP contribution in [0.5, 0.6) is 0 Å². The fourth-order valence-electron chi connectivity index (χ4n) is 1.96. The van der Waals surface area contributed by atoms with Crippen LogP contribution in [0, 0.1) is 13.8 Å². The fourth-order valence-corrected chi connectivity index (χ4v) is 1.96. The van der Waals surface area contributed by atoms with Gasteiger partial charge in [-0.2, -0.15) is 0 Å². The lowest BCUT2D eigenvalue weighted by atomic mass is 10.1. The maximum Gasteiger partial charge on any atom is 0.227 e. The first-order chi connectivity index (χ1) is 9.20. The first kappa shape index (κ1) is 15.2. The molecule has 0 aliphatic rings. The molecule has 2 rings (SSSR count). The Morgan fingerprint density at radius 1 is 0.947 bits per heavy atom. The molecule has 3 nitrogen and oxygen atoms in total. The lowest BCUT2D eigenvalue weighted by Gasteiger charge is -2.10. The summed E-state index contributed by atoms with van der Waals surface area (Å²) in [6, 6.07) is 9.97. The number of hydrogen-bond donors (Lipinski definition) is 1. The van der Waals surface area contributed by atoms with Gasteiger partial charge < -0.3 is 5.32 Å². The standard InChI is InChI=1S/C14H17N3.C2H6/c1-4-13-10(2)15-14(16-11(13)3)17-12-8-6-5-7-9-12;1-2/h5-9H,4H2,1-3H3,(H,15,16,17);1-2H3. The Bertz CT molecular complexity index is 484. The van der Waals surface area contributed by atoms with Gasteiger partial charge >= 0.3 is 0 Å². The summed E-state index contributed by atoms with van der Waals surface area (Å²) in [7, 11) is 0. The van der Waals surface area contributed by atoms with Crippen LogP contribution < -0.4 is 5.32 Å². The summed E-state index contributed by atoms with van der Waals surface area (Å²) in [4.78, 5) is 8.96. The molecule has 19 heavy (non-hydrogen) atoms. The molecule has 1 aromatic heterocycles. The summed E-state index contributed by atoms with van der Waals surface area (Å²) < 4.78 is 0. The Balaban J connectivity index is 0.000000861. The second kappa shape index (κ2) is 7.52. The van der Waals surface area contributed by atoms with Crippen LogP contribution in [-0.4, -0.2) is 9.97 Å². The largest absolute Gasteiger partial charge is 0.324 e. The van der Waals surface area contributed by atoms with Gasteiger partial charge in [-0.05, 0) is 38.0 Å². The van der Waals surface area contributed by atoms with Crippen LogP contribution >= 0.6 is 0 Å². The van der Waals surface area contributed by atoms with Crippen molar-refractivity contribution in [2.75, 3.05) is 5.32 Å². The Labute approximate surface area is 116 Å². The first-order valence-corrected chi connectivity index (χ1v) is 6.87. The van der Waals surface area contributed by atoms with Gasteiger partial charge in [-0.15, -0.1) is 0 Å². The molecule has 0 fully saturated rings. The maximum absolute atomic E-state index is 4.48. The molecular weight excluding hydrogens is 234 g/mol. The Morgan fingerprint density at radius 3 is 1.95 bits per heavy atom. The van der Waals surface area contributed by atoms with Crippen LogP contribution in [0.4, 0.5) is 11.6 Å². The van der Waals surface area contributed by atoms with Crippen LogP contribution in [0.25, 0.3) is 0 Å². The maximum atomic E-state index is 4.48. The number of nitrogens with zero attached hydrogens (tertiary/aromatic N) is 2. The zero-order valence-corrected chi connectivity index (χ0v) is 12.5. The quantitative estimate of drug-likeness (QED) is 0.884. The lowest BCUT2D eigenvalue weighted by Crippen LogP contribution is -2.04. The second-order valence-electron chi connectivity index (χ2n) is 4.04. The summed E-state index contributed by atoms with van der Waals surface area (Å²) in [5, 5.41) is 3.21. The molecule has 102 valence electrons. The van der Waals surface area contributed by atoms with Gasteiger partial charge in [-0.3, -0.25) is 0 Å². The average molecular weight is 257 g/mol. The monoisotopic (exact) mass is 257 g/mol. The van der Waals surface area contributed by atoms with E-state index in [-0.39, 0.29) is 0 Å². The molecule has 0 saturated heterocycles. The number of hydrogen-bond acceptors (Lipinski definition) is 3. The van der Waals surface area contributed by atoms with Crippen molar-refractivity contribution in [1.29, 1.82) is 0 Å². The highest BCUT2D eigenvalue weighted by molar-refractivity contribution is 5.53. The molecule has 2 aromatic rings. The highest BCUT2D eigenvalue weighted by atomic mass is 15.1. The highest BCUT2D eigenvalue weighted by Gasteiger charge is 2.06. The van der Waals surface area contributed by atoms with Crippen molar-refractivity contribution < 1.29 is 0 Å². The van der Waals surface area contributed by atoms with Gasteiger partial charge in [0.1, 0.15) is 0 Å². The molecule has 1 N–H and O–H groups in total. The van der Waals surface area contributed by atoms with E-state index in [1.165, 1.54) is 5.56 Å². The normalized spacial score (nSPS) is 9.53. The van der Waals surface area contributed by atoms with Crippen LogP contribution in [-0.2, 0) is 6.42 Å². The lowest BCUT2D eigenvalue weighted by molar-refractivity contribution is 0.961. The minimum absolute atomic E-state index is 0.670. The predicted octanol–water partition coefficient (Wildman–Crippen LogP) is 4.43. The summed E-state index contributed by atoms with van der Waals surface area (Å²) >= 11 is 0. The molecule has 0 atom stereocenters. The van der Waals surface area contributed by atoms with Crippen molar-refractivity contribution in [2.24, 2.45) is 0 Å². The molecular formula is C16H23N3. The van der Waals surface area contributed by atoms with Gasteiger partial charge in [-0.25, -0.2) is 9.97 Å². The molecule has 0 radical (unpaired) electrons. The molecule has 0 amide bonds. The van der Waals surface area contributed by atoms with Crippen molar-refractivity contribution in [3.63, 3.8) is 0 Å². The number of nitrogens with one attached hydrogen (secondary N) is 1. The number of aryl methyl sites for hydroxylation is 2. The number of benzene rings is 1. The summed E-state index contributed by atoms with van der Waals surface area (Å²) in [5.74, 6) is 0.670. The number of para-hydroxylation sites is 1. The van der Waals surface area contributed by atoms with Gasteiger partial charge in [-0.1, -0.05) is 39.0 Å². The van der Waals surface area contributed by atoms with Gasteiger partial charge in [0.25, 0.3) is 0 Å². The zero-order valence-electron chi connectivity index (χ0n) is 12.5. The Hall–Kier alpha value is -1.90. The van der Waals surface area contributed by atoms with Crippen molar-refractivity contribution in [3.8, 4) is 0 Å². The molecule has 0 saturated carbocycles. The van der Waals surface area contributed by atoms with E-state index < -0.39 is 0 Å². The third kappa shape index (κ3) is 4.05. The number of rotatable bonds is 3. The molecule has 1 heterocycles. The average Bonchev–Trinajstić information content (AvgIpc) is 2.42. The van der Waals surface area contributed by atoms with Crippen LogP contribution in [0.15, 0.2) is 30.3 Å². The Kier molecular flexibility index (Phi) is 6.00. The second-order valence-corrected chi connectivity index (χ2v) is 4.04. The minimum atomic E-state index is 0.670. The van der Waals surface area contributed by atoms with Crippen LogP contribution in [0.3, 0.4) is 0 Å². The number of anilines is 2. The molecule has 0 unspecified atom stereocenters. The molecule has 0 spiro atoms. The first-order valence-electron chi connectivity index (χ1n) is 6.87. The van der Waals surface area contributed by atoms with Crippen LogP contribution in [0.1, 0.15) is 37.7 Å². The van der Waals surface area contributed by atoms with E-state index in [0.29, 0.717) is 5.95 Å². The van der Waals surface area contributed by atoms with E-state index in [0.717, 1.165) is 23.5 Å². The Morgan fingerprint density at radius 2 is 1.47 bits per heavy atom. The topological polar surface area (TPSA) is 37.8 Å². The summed E-state index contributed by atoms with van der Waals surface area (Å²) in [6.45, 7) is 10.2. The SMILES string of the molecule is CC.CCc1c(C)nc(Nc2ccccc2)nc1C. The van der Waals surface area contributed by atoms with Crippen molar-refractivity contribution >= 4 is 11.6 Å². The molecule has 1 aromatic carbocycles. The van der Waals surface area contributed by atoms with E-state index in [1.807, 2.05) is 58.0 Å². The molecule has 0 aliphatic carbocycles. The predicted molar refractivity (Wildman–Crippen MR) is 82.0 cm³/mol. The summed E-state index contributed by atoms with van der Waals surface area (Å²) in [6.07, 6.45) is 0.975. The van der Waals surface area contributed by atoms with Gasteiger partial charge in [0.05, 0.1) is 0 Å². The highest BCUT2D eigenvalue weighted by Crippen LogP contribution is 2.16. The van der Waals surface area contributed by atoms with E-state index in [1.54, 1.807) is 0 Å². The van der Waals surface area contributed by atoms with E-state index >= 15 is 0 Å². The molecule has 0 aliphatic heterocycles. The van der Waals surface area contributed by atoms with Gasteiger partial charge in [0.15, 0.2) is 0 Å². The number of aromatic nitrogens is 2.